The molecule has 0 spiro atoms. The fourth-order valence-corrected chi connectivity index (χ4v) is 6.37. The van der Waals surface area contributed by atoms with Crippen molar-refractivity contribution in [1.29, 1.82) is 0 Å². The summed E-state index contributed by atoms with van der Waals surface area (Å²) < 4.78 is 111. The molecule has 18 heteroatoms. The highest BCUT2D eigenvalue weighted by Crippen LogP contribution is 2.46. The molecule has 0 aliphatic carbocycles. The number of nitrogens with zero attached hydrogens (tertiary/aromatic N) is 6. The lowest BCUT2D eigenvalue weighted by molar-refractivity contribution is -0.169. The molecule has 0 aliphatic heterocycles. The quantitative estimate of drug-likeness (QED) is 0.100. The van der Waals surface area contributed by atoms with Gasteiger partial charge in [0.15, 0.2) is 0 Å². The summed E-state index contributed by atoms with van der Waals surface area (Å²) in [6, 6.07) is 6.71. The van der Waals surface area contributed by atoms with Crippen molar-refractivity contribution in [3.05, 3.63) is 70.8 Å². The molecule has 0 amide bonds. The predicted molar refractivity (Wildman–Crippen MR) is 143 cm³/mol. The Morgan fingerprint density at radius 3 is 1.21 bits per heavy atom. The van der Waals surface area contributed by atoms with Crippen LogP contribution in [0.5, 0.6) is 0 Å². The number of aromatic nitrogens is 6. The molecule has 2 heterocycles. The van der Waals surface area contributed by atoms with Gasteiger partial charge >= 0.3 is 22.6 Å². The van der Waals surface area contributed by atoms with Crippen molar-refractivity contribution in [2.75, 3.05) is 0 Å². The highest BCUT2D eigenvalue weighted by atomic mass is 35.5. The summed E-state index contributed by atoms with van der Waals surface area (Å²) in [5.74, 6) is -12.5. The Hall–Kier alpha value is -2.56. The van der Waals surface area contributed by atoms with Gasteiger partial charge in [0.1, 0.15) is 12.7 Å². The summed E-state index contributed by atoms with van der Waals surface area (Å²) >= 11 is 9.09. The molecule has 4 rings (SSSR count). The summed E-state index contributed by atoms with van der Waals surface area (Å²) in [4.78, 5) is 7.95. The van der Waals surface area contributed by atoms with Crippen molar-refractivity contribution in [2.24, 2.45) is 0 Å². The van der Waals surface area contributed by atoms with Gasteiger partial charge in [-0.1, -0.05) is 33.7 Å². The van der Waals surface area contributed by atoms with Gasteiger partial charge in [-0.25, -0.2) is 19.3 Å². The van der Waals surface area contributed by atoms with Crippen LogP contribution in [0.3, 0.4) is 0 Å². The average Bonchev–Trinajstić information content (AvgIpc) is 3.54. The van der Waals surface area contributed by atoms with Crippen molar-refractivity contribution >= 4 is 44.8 Å². The van der Waals surface area contributed by atoms with E-state index in [1.54, 1.807) is 52.0 Å². The van der Waals surface area contributed by atoms with Gasteiger partial charge < -0.3 is 0 Å². The predicted octanol–water partition coefficient (Wildman–Crippen LogP) is 8.73. The normalized spacial score (nSPS) is 13.2. The molecule has 0 atom stereocenters. The Kier molecular flexibility index (Phi) is 8.61. The number of halogens is 10. The third kappa shape index (κ3) is 6.08. The van der Waals surface area contributed by atoms with Crippen LogP contribution in [0.15, 0.2) is 46.7 Å². The standard InChI is InChI=1S/C24H18Cl2F8N6S2/c1-11-5-13(3)17(7-15(11)39-9-35-19(37-39)21(27,28)23(25,31)32)41-42-18-8-16(12(2)6-14(18)4)40-10-36-20(38-40)22(29,30)24(26,33)34/h5-10H,1-4H3. The van der Waals surface area contributed by atoms with Crippen molar-refractivity contribution in [3.8, 4) is 11.4 Å². The van der Waals surface area contributed by atoms with Crippen LogP contribution in [-0.4, -0.2) is 40.3 Å². The molecule has 0 aliphatic rings. The van der Waals surface area contributed by atoms with E-state index in [-0.39, 0.29) is 0 Å². The van der Waals surface area contributed by atoms with Gasteiger partial charge in [0, 0.05) is 9.79 Å². The van der Waals surface area contributed by atoms with Gasteiger partial charge in [0.05, 0.1) is 11.4 Å². The topological polar surface area (TPSA) is 61.4 Å². The Balaban J connectivity index is 1.62. The lowest BCUT2D eigenvalue weighted by atomic mass is 10.1. The molecule has 2 aromatic heterocycles. The maximum atomic E-state index is 14.0. The SMILES string of the molecule is Cc1cc(C)c(-n2cnc(C(F)(F)C(F)(F)Cl)n2)cc1SSc1cc(-n2cnc(C(F)(F)C(F)(F)Cl)n2)c(C)cc1C. The summed E-state index contributed by atoms with van der Waals surface area (Å²) in [5.41, 5.74) is 3.36. The fourth-order valence-electron chi connectivity index (χ4n) is 3.71. The molecule has 0 N–H and O–H groups in total. The minimum atomic E-state index is -4.90. The fraction of sp³-hybridized carbons (Fsp3) is 0.333. The number of benzene rings is 2. The third-order valence-electron chi connectivity index (χ3n) is 5.96. The number of rotatable bonds is 9. The minimum Gasteiger partial charge on any atom is -0.220 e. The Morgan fingerprint density at radius 2 is 0.905 bits per heavy atom. The number of hydrogen-bond donors (Lipinski definition) is 0. The number of alkyl halides is 10. The van der Waals surface area contributed by atoms with Crippen molar-refractivity contribution < 1.29 is 35.1 Å². The van der Waals surface area contributed by atoms with Crippen LogP contribution < -0.4 is 0 Å². The second kappa shape index (κ2) is 11.2. The van der Waals surface area contributed by atoms with Gasteiger partial charge in [-0.3, -0.25) is 0 Å². The van der Waals surface area contributed by atoms with Crippen LogP contribution >= 0.6 is 44.8 Å². The van der Waals surface area contributed by atoms with E-state index < -0.39 is 34.3 Å². The molecule has 42 heavy (non-hydrogen) atoms. The van der Waals surface area contributed by atoms with Crippen molar-refractivity contribution in [3.63, 3.8) is 0 Å². The number of hydrogen-bond acceptors (Lipinski definition) is 6. The molecule has 0 unspecified atom stereocenters. The van der Waals surface area contributed by atoms with E-state index in [0.717, 1.165) is 33.1 Å². The molecular formula is C24H18Cl2F8N6S2. The first kappa shape index (κ1) is 32.4. The molecule has 2 aromatic carbocycles. The third-order valence-corrected chi connectivity index (χ3v) is 9.08. The highest BCUT2D eigenvalue weighted by molar-refractivity contribution is 8.76. The van der Waals surface area contributed by atoms with E-state index in [1.165, 1.54) is 21.6 Å². The van der Waals surface area contributed by atoms with E-state index in [4.69, 9.17) is 0 Å². The van der Waals surface area contributed by atoms with E-state index >= 15 is 0 Å². The van der Waals surface area contributed by atoms with Gasteiger partial charge in [-0.2, -0.15) is 35.1 Å². The van der Waals surface area contributed by atoms with Crippen LogP contribution in [0.25, 0.3) is 11.4 Å². The molecule has 0 saturated heterocycles. The highest BCUT2D eigenvalue weighted by Gasteiger charge is 2.60. The summed E-state index contributed by atoms with van der Waals surface area (Å²) in [6.07, 6.45) is 1.75. The van der Waals surface area contributed by atoms with Gasteiger partial charge in [-0.05, 0) is 85.3 Å². The zero-order valence-electron chi connectivity index (χ0n) is 21.7. The lowest BCUT2D eigenvalue weighted by Crippen LogP contribution is -2.34. The summed E-state index contributed by atoms with van der Waals surface area (Å²) in [6.45, 7) is 6.94. The van der Waals surface area contributed by atoms with E-state index in [0.29, 0.717) is 32.3 Å². The zero-order valence-corrected chi connectivity index (χ0v) is 24.9. The van der Waals surface area contributed by atoms with Crippen LogP contribution in [0.4, 0.5) is 35.1 Å². The van der Waals surface area contributed by atoms with Gasteiger partial charge in [-0.15, -0.1) is 10.2 Å². The molecule has 6 nitrogen and oxygen atoms in total. The van der Waals surface area contributed by atoms with Crippen LogP contribution in [-0.2, 0) is 11.8 Å². The second-order valence-corrected chi connectivity index (χ2v) is 12.3. The zero-order chi connectivity index (χ0) is 31.4. The average molecular weight is 677 g/mol. The first-order valence-corrected chi connectivity index (χ1v) is 14.5. The molecule has 0 radical (unpaired) electrons. The maximum absolute atomic E-state index is 14.0. The Labute approximate surface area is 251 Å². The second-order valence-electron chi connectivity index (χ2n) is 9.14. The monoisotopic (exact) mass is 676 g/mol. The van der Waals surface area contributed by atoms with Gasteiger partial charge in [0.2, 0.25) is 11.6 Å². The van der Waals surface area contributed by atoms with E-state index in [2.05, 4.69) is 43.4 Å². The Morgan fingerprint density at radius 1 is 0.571 bits per heavy atom. The Bertz CT molecular complexity index is 1510. The van der Waals surface area contributed by atoms with E-state index in [1.807, 2.05) is 0 Å². The maximum Gasteiger partial charge on any atom is 0.391 e. The first-order chi connectivity index (χ1) is 19.2. The molecule has 226 valence electrons. The molecule has 0 fully saturated rings. The van der Waals surface area contributed by atoms with Crippen molar-refractivity contribution in [1.82, 2.24) is 29.5 Å². The first-order valence-electron chi connectivity index (χ1n) is 11.5. The minimum absolute atomic E-state index is 0.296. The number of aryl methyl sites for hydroxylation is 4. The summed E-state index contributed by atoms with van der Waals surface area (Å²) in [7, 11) is 2.51. The van der Waals surface area contributed by atoms with Crippen molar-refractivity contribution in [2.45, 2.75) is 60.1 Å². The molecular weight excluding hydrogens is 659 g/mol. The molecule has 4 aromatic rings. The smallest absolute Gasteiger partial charge is 0.220 e. The molecule has 0 saturated carbocycles. The lowest BCUT2D eigenvalue weighted by Gasteiger charge is -2.17. The van der Waals surface area contributed by atoms with Crippen LogP contribution in [0.1, 0.15) is 33.9 Å². The van der Waals surface area contributed by atoms with Crippen LogP contribution in [0, 0.1) is 27.7 Å². The summed E-state index contributed by atoms with van der Waals surface area (Å²) in [5, 5.41) is -2.74. The molecule has 0 bridgehead atoms. The van der Waals surface area contributed by atoms with Gasteiger partial charge in [0.25, 0.3) is 0 Å². The van der Waals surface area contributed by atoms with E-state index in [9.17, 15) is 35.1 Å². The van der Waals surface area contributed by atoms with Crippen LogP contribution in [0.2, 0.25) is 0 Å². The largest absolute Gasteiger partial charge is 0.391 e.